The lowest BCUT2D eigenvalue weighted by molar-refractivity contribution is 0.415. The molecular formula is C23H20ClN3O2. The highest BCUT2D eigenvalue weighted by Gasteiger charge is 2.14. The van der Waals surface area contributed by atoms with Crippen molar-refractivity contribution in [2.45, 2.75) is 13.1 Å². The quantitative estimate of drug-likeness (QED) is 0.539. The van der Waals surface area contributed by atoms with Gasteiger partial charge in [0, 0.05) is 17.1 Å². The summed E-state index contributed by atoms with van der Waals surface area (Å²) in [6.45, 7) is 0.811. The van der Waals surface area contributed by atoms with Gasteiger partial charge in [0.05, 0.1) is 24.6 Å². The predicted molar refractivity (Wildman–Crippen MR) is 116 cm³/mol. The number of hydrogen-bond acceptors (Lipinski definition) is 4. The van der Waals surface area contributed by atoms with Crippen molar-refractivity contribution in [3.05, 3.63) is 93.2 Å². The number of fused-ring (bicyclic) bond motifs is 1. The lowest BCUT2D eigenvalue weighted by Crippen LogP contribution is -2.24. The summed E-state index contributed by atoms with van der Waals surface area (Å²) in [6.07, 6.45) is 0. The molecule has 6 heteroatoms. The highest BCUT2D eigenvalue weighted by Crippen LogP contribution is 2.24. The van der Waals surface area contributed by atoms with Crippen molar-refractivity contribution in [2.75, 3.05) is 7.11 Å². The van der Waals surface area contributed by atoms with Crippen LogP contribution in [0.4, 0.5) is 0 Å². The third-order valence-corrected chi connectivity index (χ3v) is 5.05. The van der Waals surface area contributed by atoms with E-state index in [1.807, 2.05) is 42.5 Å². The molecule has 0 atom stereocenters. The van der Waals surface area contributed by atoms with Gasteiger partial charge in [-0.2, -0.15) is 0 Å². The molecule has 3 aromatic carbocycles. The summed E-state index contributed by atoms with van der Waals surface area (Å²) in [4.78, 5) is 18.2. The van der Waals surface area contributed by atoms with Gasteiger partial charge in [-0.1, -0.05) is 48.0 Å². The molecule has 4 rings (SSSR count). The molecule has 2 N–H and O–H groups in total. The first-order chi connectivity index (χ1) is 14.1. The molecule has 0 bridgehead atoms. The van der Waals surface area contributed by atoms with Crippen LogP contribution in [0.3, 0.4) is 0 Å². The van der Waals surface area contributed by atoms with Crippen molar-refractivity contribution in [1.29, 1.82) is 0 Å². The average Bonchev–Trinajstić information content (AvgIpc) is 2.75. The van der Waals surface area contributed by atoms with Gasteiger partial charge >= 0.3 is 0 Å². The average molecular weight is 406 g/mol. The molecule has 4 aromatic rings. The predicted octanol–water partition coefficient (Wildman–Crippen LogP) is 4.23. The first kappa shape index (κ1) is 19.2. The second-order valence-electron chi connectivity index (χ2n) is 6.74. The number of halogens is 1. The molecule has 0 unspecified atom stereocenters. The number of hydrogen-bond donors (Lipinski definition) is 1. The zero-order valence-electron chi connectivity index (χ0n) is 15.9. The zero-order valence-corrected chi connectivity index (χ0v) is 16.7. The summed E-state index contributed by atoms with van der Waals surface area (Å²) in [5, 5.41) is 1.09. The summed E-state index contributed by atoms with van der Waals surface area (Å²) in [5.41, 5.74) is 9.01. The van der Waals surface area contributed by atoms with E-state index in [0.29, 0.717) is 40.6 Å². The third kappa shape index (κ3) is 3.88. The number of benzene rings is 3. The van der Waals surface area contributed by atoms with Gasteiger partial charge in [0.15, 0.2) is 0 Å². The molecule has 0 saturated carbocycles. The van der Waals surface area contributed by atoms with Crippen LogP contribution in [0, 0.1) is 0 Å². The normalized spacial score (nSPS) is 11.0. The van der Waals surface area contributed by atoms with Crippen molar-refractivity contribution >= 4 is 22.5 Å². The van der Waals surface area contributed by atoms with E-state index in [9.17, 15) is 4.79 Å². The fraction of sp³-hybridized carbons (Fsp3) is 0.130. The summed E-state index contributed by atoms with van der Waals surface area (Å²) in [5.74, 6) is 1.18. The number of aromatic nitrogens is 2. The molecule has 0 spiro atoms. The van der Waals surface area contributed by atoms with Crippen LogP contribution in [0.1, 0.15) is 11.1 Å². The Morgan fingerprint density at radius 1 is 1.03 bits per heavy atom. The van der Waals surface area contributed by atoms with Gasteiger partial charge in [-0.25, -0.2) is 4.98 Å². The number of methoxy groups -OCH3 is 1. The van der Waals surface area contributed by atoms with Crippen LogP contribution >= 0.6 is 11.6 Å². The Bertz CT molecular complexity index is 1250. The molecule has 29 heavy (non-hydrogen) atoms. The SMILES string of the molecule is COc1ccc2nc(-c3cccc(Cl)c3)n(Cc3cccc(CN)c3)c(=O)c2c1. The topological polar surface area (TPSA) is 70.1 Å². The van der Waals surface area contributed by atoms with Crippen LogP contribution in [-0.2, 0) is 13.1 Å². The van der Waals surface area contributed by atoms with E-state index in [-0.39, 0.29) is 5.56 Å². The second kappa shape index (κ2) is 8.07. The van der Waals surface area contributed by atoms with Crippen LogP contribution < -0.4 is 16.0 Å². The monoisotopic (exact) mass is 405 g/mol. The lowest BCUT2D eigenvalue weighted by atomic mass is 10.1. The molecule has 5 nitrogen and oxygen atoms in total. The van der Waals surface area contributed by atoms with Crippen molar-refractivity contribution in [3.63, 3.8) is 0 Å². The van der Waals surface area contributed by atoms with Gasteiger partial charge in [-0.15, -0.1) is 0 Å². The molecular weight excluding hydrogens is 386 g/mol. The standard InChI is InChI=1S/C23H20ClN3O2/c1-29-19-8-9-21-20(12-19)23(28)27(14-16-5-2-4-15(10-16)13-25)22(26-21)17-6-3-7-18(24)11-17/h2-12H,13-14,25H2,1H3. The maximum Gasteiger partial charge on any atom is 0.262 e. The molecule has 0 radical (unpaired) electrons. The smallest absolute Gasteiger partial charge is 0.262 e. The van der Waals surface area contributed by atoms with E-state index in [1.54, 1.807) is 35.9 Å². The van der Waals surface area contributed by atoms with Crippen LogP contribution in [0.25, 0.3) is 22.3 Å². The maximum atomic E-state index is 13.4. The van der Waals surface area contributed by atoms with Crippen LogP contribution in [0.5, 0.6) is 5.75 Å². The minimum Gasteiger partial charge on any atom is -0.497 e. The fourth-order valence-corrected chi connectivity index (χ4v) is 3.55. The molecule has 0 aliphatic heterocycles. The zero-order chi connectivity index (χ0) is 20.4. The molecule has 0 fully saturated rings. The molecule has 1 heterocycles. The Morgan fingerprint density at radius 2 is 1.83 bits per heavy atom. The Labute approximate surface area is 173 Å². The fourth-order valence-electron chi connectivity index (χ4n) is 3.36. The molecule has 0 aliphatic rings. The van der Waals surface area contributed by atoms with Crippen LogP contribution in [0.15, 0.2) is 71.5 Å². The Kier molecular flexibility index (Phi) is 5.34. The lowest BCUT2D eigenvalue weighted by Gasteiger charge is -2.15. The van der Waals surface area contributed by atoms with E-state index in [0.717, 1.165) is 16.7 Å². The first-order valence-electron chi connectivity index (χ1n) is 9.21. The summed E-state index contributed by atoms with van der Waals surface area (Å²) in [7, 11) is 1.58. The van der Waals surface area contributed by atoms with Crippen molar-refractivity contribution in [1.82, 2.24) is 9.55 Å². The molecule has 0 amide bonds. The van der Waals surface area contributed by atoms with E-state index in [4.69, 9.17) is 27.1 Å². The van der Waals surface area contributed by atoms with Crippen LogP contribution in [-0.4, -0.2) is 16.7 Å². The number of rotatable bonds is 5. The molecule has 146 valence electrons. The summed E-state index contributed by atoms with van der Waals surface area (Å²) < 4.78 is 6.96. The summed E-state index contributed by atoms with van der Waals surface area (Å²) >= 11 is 6.20. The minimum absolute atomic E-state index is 0.137. The van der Waals surface area contributed by atoms with E-state index >= 15 is 0 Å². The highest BCUT2D eigenvalue weighted by atomic mass is 35.5. The van der Waals surface area contributed by atoms with Crippen molar-refractivity contribution in [3.8, 4) is 17.1 Å². The second-order valence-corrected chi connectivity index (χ2v) is 7.18. The number of nitrogens with zero attached hydrogens (tertiary/aromatic N) is 2. The Morgan fingerprint density at radius 3 is 2.59 bits per heavy atom. The third-order valence-electron chi connectivity index (χ3n) is 4.81. The van der Waals surface area contributed by atoms with E-state index in [1.165, 1.54) is 0 Å². The van der Waals surface area contributed by atoms with Crippen molar-refractivity contribution in [2.24, 2.45) is 5.73 Å². The van der Waals surface area contributed by atoms with Gasteiger partial charge in [0.25, 0.3) is 5.56 Å². The van der Waals surface area contributed by atoms with E-state index < -0.39 is 0 Å². The number of nitrogens with two attached hydrogens (primary N) is 1. The maximum absolute atomic E-state index is 13.4. The van der Waals surface area contributed by atoms with Gasteiger partial charge in [-0.05, 0) is 41.5 Å². The molecule has 0 aliphatic carbocycles. The Balaban J connectivity index is 1.96. The highest BCUT2D eigenvalue weighted by molar-refractivity contribution is 6.30. The minimum atomic E-state index is -0.137. The van der Waals surface area contributed by atoms with E-state index in [2.05, 4.69) is 0 Å². The van der Waals surface area contributed by atoms with Gasteiger partial charge in [-0.3, -0.25) is 9.36 Å². The molecule has 0 saturated heterocycles. The van der Waals surface area contributed by atoms with Gasteiger partial charge in [0.2, 0.25) is 0 Å². The summed E-state index contributed by atoms with van der Waals surface area (Å²) in [6, 6.07) is 20.6. The largest absolute Gasteiger partial charge is 0.497 e. The number of ether oxygens (including phenoxy) is 1. The van der Waals surface area contributed by atoms with Gasteiger partial charge < -0.3 is 10.5 Å². The van der Waals surface area contributed by atoms with Gasteiger partial charge in [0.1, 0.15) is 11.6 Å². The van der Waals surface area contributed by atoms with Crippen LogP contribution in [0.2, 0.25) is 5.02 Å². The first-order valence-corrected chi connectivity index (χ1v) is 9.59. The Hall–Kier alpha value is -3.15. The molecule has 1 aromatic heterocycles. The van der Waals surface area contributed by atoms with Crippen molar-refractivity contribution < 1.29 is 4.74 Å².